The van der Waals surface area contributed by atoms with Gasteiger partial charge in [-0.1, -0.05) is 50.2 Å². The Hall–Kier alpha value is -2.49. The topological polar surface area (TPSA) is 35.6 Å². The molecule has 0 saturated carbocycles. The molecule has 1 fully saturated rings. The molecule has 26 heavy (non-hydrogen) atoms. The van der Waals surface area contributed by atoms with Crippen LogP contribution in [0.5, 0.6) is 0 Å². The first-order chi connectivity index (χ1) is 12.5. The van der Waals surface area contributed by atoms with Gasteiger partial charge in [0, 0.05) is 37.6 Å². The molecule has 0 unspecified atom stereocenters. The first-order valence-corrected chi connectivity index (χ1v) is 9.43. The van der Waals surface area contributed by atoms with Crippen molar-refractivity contribution in [3.05, 3.63) is 59.2 Å². The summed E-state index contributed by atoms with van der Waals surface area (Å²) in [6.45, 7) is 11.7. The number of aryl methyl sites for hydroxylation is 2. The number of hydrogen-bond acceptors (Lipinski definition) is 2. The Morgan fingerprint density at radius 3 is 2.23 bits per heavy atom. The summed E-state index contributed by atoms with van der Waals surface area (Å²) >= 11 is 0. The maximum Gasteiger partial charge on any atom is 0.321 e. The van der Waals surface area contributed by atoms with Crippen molar-refractivity contribution < 1.29 is 4.79 Å². The van der Waals surface area contributed by atoms with Crippen LogP contribution < -0.4 is 10.2 Å². The second-order valence-electron chi connectivity index (χ2n) is 7.38. The lowest BCUT2D eigenvalue weighted by atomic mass is 9.98. The number of urea groups is 1. The number of anilines is 2. The van der Waals surface area contributed by atoms with Crippen LogP contribution >= 0.6 is 0 Å². The van der Waals surface area contributed by atoms with Gasteiger partial charge in [0.1, 0.15) is 0 Å². The summed E-state index contributed by atoms with van der Waals surface area (Å²) in [5, 5.41) is 3.16. The molecule has 1 N–H and O–H groups in total. The van der Waals surface area contributed by atoms with Gasteiger partial charge in [0.25, 0.3) is 0 Å². The number of nitrogens with zero attached hydrogens (tertiary/aromatic N) is 2. The second-order valence-corrected chi connectivity index (χ2v) is 7.38. The highest BCUT2D eigenvalue weighted by molar-refractivity contribution is 5.91. The third kappa shape index (κ3) is 3.85. The van der Waals surface area contributed by atoms with Gasteiger partial charge in [-0.05, 0) is 42.5 Å². The Morgan fingerprint density at radius 1 is 0.923 bits per heavy atom. The molecule has 0 atom stereocenters. The third-order valence-corrected chi connectivity index (χ3v) is 5.18. The zero-order valence-corrected chi connectivity index (χ0v) is 16.2. The fourth-order valence-corrected chi connectivity index (χ4v) is 3.60. The van der Waals surface area contributed by atoms with E-state index in [1.54, 1.807) is 0 Å². The first kappa shape index (κ1) is 18.3. The molecule has 2 aromatic carbocycles. The molecular weight excluding hydrogens is 322 g/mol. The predicted molar refractivity (Wildman–Crippen MR) is 109 cm³/mol. The molecule has 4 nitrogen and oxygen atoms in total. The van der Waals surface area contributed by atoms with E-state index in [4.69, 9.17) is 0 Å². The molecule has 3 rings (SSSR count). The van der Waals surface area contributed by atoms with Crippen LogP contribution in [0.3, 0.4) is 0 Å². The van der Waals surface area contributed by atoms with Gasteiger partial charge in [0.15, 0.2) is 0 Å². The van der Waals surface area contributed by atoms with Gasteiger partial charge < -0.3 is 15.1 Å². The summed E-state index contributed by atoms with van der Waals surface area (Å²) in [5.41, 5.74) is 5.83. The van der Waals surface area contributed by atoms with E-state index < -0.39 is 0 Å². The summed E-state index contributed by atoms with van der Waals surface area (Å²) in [7, 11) is 0. The largest absolute Gasteiger partial charge is 0.368 e. The molecule has 2 amide bonds. The van der Waals surface area contributed by atoms with Crippen LogP contribution in [0.15, 0.2) is 42.5 Å². The number of nitrogens with one attached hydrogen (secondary N) is 1. The molecule has 138 valence electrons. The predicted octanol–water partition coefficient (Wildman–Crippen LogP) is 4.78. The van der Waals surface area contributed by atoms with Crippen LogP contribution in [-0.4, -0.2) is 37.1 Å². The van der Waals surface area contributed by atoms with Gasteiger partial charge in [-0.25, -0.2) is 4.79 Å². The van der Waals surface area contributed by atoms with Gasteiger partial charge in [-0.3, -0.25) is 0 Å². The lowest BCUT2D eigenvalue weighted by Crippen LogP contribution is -2.50. The minimum atomic E-state index is 0.00522. The minimum absolute atomic E-state index is 0.00522. The monoisotopic (exact) mass is 351 g/mol. The SMILES string of the molecule is Cc1ccccc1N1CCN(C(=O)Nc2c(C)cccc2C(C)C)CC1. The van der Waals surface area contributed by atoms with Crippen LogP contribution in [0.25, 0.3) is 0 Å². The molecule has 0 spiro atoms. The number of benzene rings is 2. The van der Waals surface area contributed by atoms with Crippen molar-refractivity contribution in [2.75, 3.05) is 36.4 Å². The van der Waals surface area contributed by atoms with E-state index >= 15 is 0 Å². The summed E-state index contributed by atoms with van der Waals surface area (Å²) < 4.78 is 0. The molecule has 0 aliphatic carbocycles. The van der Waals surface area contributed by atoms with Crippen LogP contribution in [-0.2, 0) is 0 Å². The molecule has 1 heterocycles. The minimum Gasteiger partial charge on any atom is -0.368 e. The fraction of sp³-hybridized carbons (Fsp3) is 0.409. The highest BCUT2D eigenvalue weighted by Gasteiger charge is 2.23. The van der Waals surface area contributed by atoms with Gasteiger partial charge in [-0.2, -0.15) is 0 Å². The van der Waals surface area contributed by atoms with E-state index in [0.29, 0.717) is 5.92 Å². The lowest BCUT2D eigenvalue weighted by Gasteiger charge is -2.37. The number of hydrogen-bond donors (Lipinski definition) is 1. The number of rotatable bonds is 3. The van der Waals surface area contributed by atoms with E-state index in [0.717, 1.165) is 37.4 Å². The smallest absolute Gasteiger partial charge is 0.321 e. The molecule has 0 radical (unpaired) electrons. The van der Waals surface area contributed by atoms with Gasteiger partial charge in [0.05, 0.1) is 0 Å². The lowest BCUT2D eigenvalue weighted by molar-refractivity contribution is 0.208. The number of piperazine rings is 1. The zero-order valence-electron chi connectivity index (χ0n) is 16.2. The molecule has 1 aliphatic rings. The summed E-state index contributed by atoms with van der Waals surface area (Å²) in [6.07, 6.45) is 0. The summed E-state index contributed by atoms with van der Waals surface area (Å²) in [5.74, 6) is 0.378. The van der Waals surface area contributed by atoms with E-state index in [9.17, 15) is 4.79 Å². The van der Waals surface area contributed by atoms with E-state index in [-0.39, 0.29) is 6.03 Å². The maximum atomic E-state index is 12.8. The van der Waals surface area contributed by atoms with Gasteiger partial charge in [0.2, 0.25) is 0 Å². The van der Waals surface area contributed by atoms with Crippen molar-refractivity contribution >= 4 is 17.4 Å². The molecule has 2 aromatic rings. The molecule has 1 aliphatic heterocycles. The Morgan fingerprint density at radius 2 is 1.58 bits per heavy atom. The molecule has 4 heteroatoms. The van der Waals surface area contributed by atoms with Gasteiger partial charge in [-0.15, -0.1) is 0 Å². The Bertz CT molecular complexity index is 777. The fourth-order valence-electron chi connectivity index (χ4n) is 3.60. The zero-order chi connectivity index (χ0) is 18.7. The number of amides is 2. The van der Waals surface area contributed by atoms with Crippen molar-refractivity contribution in [3.8, 4) is 0 Å². The molecule has 0 bridgehead atoms. The van der Waals surface area contributed by atoms with Crippen LogP contribution in [0.2, 0.25) is 0 Å². The van der Waals surface area contributed by atoms with Crippen molar-refractivity contribution in [2.45, 2.75) is 33.6 Å². The highest BCUT2D eigenvalue weighted by atomic mass is 16.2. The highest BCUT2D eigenvalue weighted by Crippen LogP contribution is 2.28. The van der Waals surface area contributed by atoms with E-state index in [1.807, 2.05) is 4.90 Å². The van der Waals surface area contributed by atoms with Crippen molar-refractivity contribution in [3.63, 3.8) is 0 Å². The van der Waals surface area contributed by atoms with Crippen LogP contribution in [0, 0.1) is 13.8 Å². The number of carbonyl (C=O) groups is 1. The van der Waals surface area contributed by atoms with E-state index in [1.165, 1.54) is 16.8 Å². The standard InChI is InChI=1S/C22H29N3O/c1-16(2)19-10-7-9-18(4)21(19)23-22(26)25-14-12-24(13-15-25)20-11-6-5-8-17(20)3/h5-11,16H,12-15H2,1-4H3,(H,23,26). The Labute approximate surface area is 156 Å². The average molecular weight is 351 g/mol. The van der Waals surface area contributed by atoms with Crippen molar-refractivity contribution in [1.29, 1.82) is 0 Å². The quantitative estimate of drug-likeness (QED) is 0.864. The van der Waals surface area contributed by atoms with Crippen molar-refractivity contribution in [2.24, 2.45) is 0 Å². The average Bonchev–Trinajstić information content (AvgIpc) is 2.63. The Kier molecular flexibility index (Phi) is 5.50. The Balaban J connectivity index is 1.66. The first-order valence-electron chi connectivity index (χ1n) is 9.43. The summed E-state index contributed by atoms with van der Waals surface area (Å²) in [4.78, 5) is 17.1. The molecule has 0 aromatic heterocycles. The van der Waals surface area contributed by atoms with Gasteiger partial charge >= 0.3 is 6.03 Å². The molecular formula is C22H29N3O. The second kappa shape index (κ2) is 7.81. The van der Waals surface area contributed by atoms with Crippen molar-refractivity contribution in [1.82, 2.24) is 4.90 Å². The number of para-hydroxylation sites is 2. The third-order valence-electron chi connectivity index (χ3n) is 5.18. The van der Waals surface area contributed by atoms with E-state index in [2.05, 4.69) is 80.4 Å². The maximum absolute atomic E-state index is 12.8. The number of carbonyl (C=O) groups excluding carboxylic acids is 1. The molecule has 1 saturated heterocycles. The summed E-state index contributed by atoms with van der Waals surface area (Å²) in [6, 6.07) is 14.7. The van der Waals surface area contributed by atoms with Crippen LogP contribution in [0.1, 0.15) is 36.5 Å². The normalized spacial score (nSPS) is 14.7. The van der Waals surface area contributed by atoms with Crippen LogP contribution in [0.4, 0.5) is 16.2 Å².